The zero-order valence-electron chi connectivity index (χ0n) is 12.4. The van der Waals surface area contributed by atoms with Crippen molar-refractivity contribution in [3.05, 3.63) is 24.0 Å². The SMILES string of the molecule is CC(=O)Nc1ccc(F)cc1B1OC(C)(C)C(C)(C)O1. The van der Waals surface area contributed by atoms with Gasteiger partial charge in [0, 0.05) is 18.1 Å². The van der Waals surface area contributed by atoms with Gasteiger partial charge in [0.05, 0.1) is 11.2 Å². The van der Waals surface area contributed by atoms with Crippen molar-refractivity contribution in [1.82, 2.24) is 0 Å². The van der Waals surface area contributed by atoms with Gasteiger partial charge >= 0.3 is 7.12 Å². The van der Waals surface area contributed by atoms with Crippen molar-refractivity contribution in [2.75, 3.05) is 5.32 Å². The largest absolute Gasteiger partial charge is 0.497 e. The van der Waals surface area contributed by atoms with Gasteiger partial charge in [0.15, 0.2) is 0 Å². The highest BCUT2D eigenvalue weighted by Crippen LogP contribution is 2.37. The molecule has 1 heterocycles. The first-order chi connectivity index (χ1) is 9.12. The second kappa shape index (κ2) is 4.86. The number of benzene rings is 1. The van der Waals surface area contributed by atoms with E-state index < -0.39 is 24.1 Å². The van der Waals surface area contributed by atoms with Crippen LogP contribution in [0.25, 0.3) is 0 Å². The molecule has 0 unspecified atom stereocenters. The van der Waals surface area contributed by atoms with Gasteiger partial charge in [-0.25, -0.2) is 4.39 Å². The van der Waals surface area contributed by atoms with Crippen LogP contribution in [0.15, 0.2) is 18.2 Å². The van der Waals surface area contributed by atoms with Crippen molar-refractivity contribution in [3.63, 3.8) is 0 Å². The lowest BCUT2D eigenvalue weighted by atomic mass is 9.77. The summed E-state index contributed by atoms with van der Waals surface area (Å²) in [7, 11) is -0.711. The van der Waals surface area contributed by atoms with Crippen molar-refractivity contribution in [1.29, 1.82) is 0 Å². The quantitative estimate of drug-likeness (QED) is 0.843. The first-order valence-corrected chi connectivity index (χ1v) is 6.55. The maximum Gasteiger partial charge on any atom is 0.497 e. The number of rotatable bonds is 2. The molecule has 1 aliphatic rings. The molecular formula is C14H19BFNO3. The van der Waals surface area contributed by atoms with E-state index in [1.54, 1.807) is 0 Å². The van der Waals surface area contributed by atoms with E-state index in [0.29, 0.717) is 11.2 Å². The molecule has 108 valence electrons. The highest BCUT2D eigenvalue weighted by molar-refractivity contribution is 6.64. The molecule has 0 aliphatic carbocycles. The summed E-state index contributed by atoms with van der Waals surface area (Å²) < 4.78 is 25.3. The zero-order chi connectivity index (χ0) is 15.1. The van der Waals surface area contributed by atoms with Gasteiger partial charge in [-0.15, -0.1) is 0 Å². The van der Waals surface area contributed by atoms with E-state index in [1.807, 2.05) is 27.7 Å². The summed E-state index contributed by atoms with van der Waals surface area (Å²) in [6.07, 6.45) is 0. The van der Waals surface area contributed by atoms with E-state index in [-0.39, 0.29) is 5.91 Å². The molecule has 1 fully saturated rings. The van der Waals surface area contributed by atoms with Crippen LogP contribution in [-0.2, 0) is 14.1 Å². The molecule has 0 spiro atoms. The van der Waals surface area contributed by atoms with Gasteiger partial charge in [-0.05, 0) is 45.9 Å². The van der Waals surface area contributed by atoms with E-state index in [0.717, 1.165) is 0 Å². The number of hydrogen-bond acceptors (Lipinski definition) is 3. The smallest absolute Gasteiger partial charge is 0.399 e. The third-order valence-corrected chi connectivity index (χ3v) is 3.83. The highest BCUT2D eigenvalue weighted by Gasteiger charge is 2.52. The highest BCUT2D eigenvalue weighted by atomic mass is 19.1. The van der Waals surface area contributed by atoms with Gasteiger partial charge in [0.25, 0.3) is 0 Å². The lowest BCUT2D eigenvalue weighted by molar-refractivity contribution is -0.114. The van der Waals surface area contributed by atoms with Gasteiger partial charge in [-0.2, -0.15) is 0 Å². The van der Waals surface area contributed by atoms with Crippen molar-refractivity contribution >= 4 is 24.2 Å². The maximum absolute atomic E-state index is 13.5. The Kier molecular flexibility index (Phi) is 3.65. The molecule has 6 heteroatoms. The average molecular weight is 279 g/mol. The Bertz CT molecular complexity index is 529. The van der Waals surface area contributed by atoms with Crippen LogP contribution in [0.5, 0.6) is 0 Å². The third kappa shape index (κ3) is 2.71. The number of halogens is 1. The molecular weight excluding hydrogens is 260 g/mol. The standard InChI is InChI=1S/C14H19BFNO3/c1-9(18)17-12-7-6-10(16)8-11(12)15-19-13(2,3)14(4,5)20-15/h6-8H,1-5H3,(H,17,18). The van der Waals surface area contributed by atoms with Crippen molar-refractivity contribution in [2.24, 2.45) is 0 Å². The summed E-state index contributed by atoms with van der Waals surface area (Å²) in [5, 5.41) is 2.67. The van der Waals surface area contributed by atoms with Gasteiger partial charge in [-0.1, -0.05) is 0 Å². The minimum atomic E-state index is -0.711. The molecule has 1 amide bonds. The molecule has 0 radical (unpaired) electrons. The Morgan fingerprint density at radius 1 is 1.20 bits per heavy atom. The number of amides is 1. The fourth-order valence-corrected chi connectivity index (χ4v) is 2.00. The molecule has 4 nitrogen and oxygen atoms in total. The minimum Gasteiger partial charge on any atom is -0.399 e. The Morgan fingerprint density at radius 3 is 2.25 bits per heavy atom. The zero-order valence-corrected chi connectivity index (χ0v) is 12.4. The average Bonchev–Trinajstić information content (AvgIpc) is 2.50. The van der Waals surface area contributed by atoms with Crippen molar-refractivity contribution < 1.29 is 18.5 Å². The molecule has 1 aromatic rings. The van der Waals surface area contributed by atoms with E-state index in [2.05, 4.69) is 5.32 Å². The number of nitrogens with one attached hydrogen (secondary N) is 1. The molecule has 0 saturated carbocycles. The van der Waals surface area contributed by atoms with Crippen LogP contribution < -0.4 is 10.8 Å². The predicted octanol–water partition coefficient (Wildman–Crippen LogP) is 2.08. The van der Waals surface area contributed by atoms with Crippen LogP contribution in [0, 0.1) is 5.82 Å². The van der Waals surface area contributed by atoms with Crippen molar-refractivity contribution in [3.8, 4) is 0 Å². The van der Waals surface area contributed by atoms with E-state index >= 15 is 0 Å². The van der Waals surface area contributed by atoms with Crippen LogP contribution >= 0.6 is 0 Å². The molecule has 1 saturated heterocycles. The Labute approximate surface area is 118 Å². The third-order valence-electron chi connectivity index (χ3n) is 3.83. The summed E-state index contributed by atoms with van der Waals surface area (Å²) in [5.74, 6) is -0.627. The van der Waals surface area contributed by atoms with Crippen LogP contribution in [-0.4, -0.2) is 24.2 Å². The van der Waals surface area contributed by atoms with Gasteiger partial charge in [0.1, 0.15) is 5.82 Å². The van der Waals surface area contributed by atoms with Gasteiger partial charge < -0.3 is 14.6 Å². The van der Waals surface area contributed by atoms with Gasteiger partial charge in [-0.3, -0.25) is 4.79 Å². The van der Waals surface area contributed by atoms with Gasteiger partial charge in [0.2, 0.25) is 5.91 Å². The second-order valence-electron chi connectivity index (χ2n) is 6.00. The topological polar surface area (TPSA) is 47.6 Å². The molecule has 1 N–H and O–H groups in total. The predicted molar refractivity (Wildman–Crippen MR) is 76.4 cm³/mol. The van der Waals surface area contributed by atoms with E-state index in [9.17, 15) is 9.18 Å². The summed E-state index contributed by atoms with van der Waals surface area (Å²) in [5.41, 5.74) is -0.0501. The van der Waals surface area contributed by atoms with Crippen LogP contribution in [0.3, 0.4) is 0 Å². The first-order valence-electron chi connectivity index (χ1n) is 6.55. The summed E-state index contributed by atoms with van der Waals surface area (Å²) in [6, 6.07) is 4.13. The summed E-state index contributed by atoms with van der Waals surface area (Å²) in [6.45, 7) is 9.08. The number of carbonyl (C=O) groups is 1. The molecule has 0 atom stereocenters. The molecule has 20 heavy (non-hydrogen) atoms. The second-order valence-corrected chi connectivity index (χ2v) is 6.00. The minimum absolute atomic E-state index is 0.227. The van der Waals surface area contributed by atoms with E-state index in [1.165, 1.54) is 25.1 Å². The number of carbonyl (C=O) groups excluding carboxylic acids is 1. The lowest BCUT2D eigenvalue weighted by Gasteiger charge is -2.32. The Morgan fingerprint density at radius 2 is 1.75 bits per heavy atom. The molecule has 0 aromatic heterocycles. The number of anilines is 1. The van der Waals surface area contributed by atoms with Crippen LogP contribution in [0.2, 0.25) is 0 Å². The Hall–Kier alpha value is -1.40. The normalized spacial score (nSPS) is 20.0. The fraction of sp³-hybridized carbons (Fsp3) is 0.500. The molecule has 0 bridgehead atoms. The summed E-state index contributed by atoms with van der Waals surface area (Å²) >= 11 is 0. The van der Waals surface area contributed by atoms with Crippen LogP contribution in [0.1, 0.15) is 34.6 Å². The fourth-order valence-electron chi connectivity index (χ4n) is 2.00. The first kappa shape index (κ1) is 15.0. The monoisotopic (exact) mass is 279 g/mol. The maximum atomic E-state index is 13.5. The summed E-state index contributed by atoms with van der Waals surface area (Å²) in [4.78, 5) is 11.2. The van der Waals surface area contributed by atoms with Crippen LogP contribution in [0.4, 0.5) is 10.1 Å². The molecule has 2 rings (SSSR count). The lowest BCUT2D eigenvalue weighted by Crippen LogP contribution is -2.41. The Balaban J connectivity index is 2.38. The molecule has 1 aliphatic heterocycles. The molecule has 1 aromatic carbocycles. The number of hydrogen-bond donors (Lipinski definition) is 1. The van der Waals surface area contributed by atoms with Crippen molar-refractivity contribution in [2.45, 2.75) is 45.8 Å². The van der Waals surface area contributed by atoms with E-state index in [4.69, 9.17) is 9.31 Å².